The molecule has 3 aromatic rings. The van der Waals surface area contributed by atoms with Gasteiger partial charge in [-0.3, -0.25) is 4.79 Å². The number of amides is 1. The van der Waals surface area contributed by atoms with Crippen LogP contribution in [0.2, 0.25) is 0 Å². The van der Waals surface area contributed by atoms with Gasteiger partial charge in [-0.05, 0) is 44.0 Å². The molecule has 32 heavy (non-hydrogen) atoms. The number of aryl methyl sites for hydroxylation is 2. The number of carbonyl (C=O) groups excluding carboxylic acids is 1. The Hall–Kier alpha value is -3.55. The van der Waals surface area contributed by atoms with E-state index in [1.807, 2.05) is 39.0 Å². The van der Waals surface area contributed by atoms with Crippen LogP contribution in [0.1, 0.15) is 30.4 Å². The minimum Gasteiger partial charge on any atom is -0.497 e. The second-order valence-electron chi connectivity index (χ2n) is 7.56. The van der Waals surface area contributed by atoms with Crippen molar-refractivity contribution in [2.24, 2.45) is 0 Å². The van der Waals surface area contributed by atoms with E-state index in [4.69, 9.17) is 18.7 Å². The molecule has 0 spiro atoms. The third-order valence-electron chi connectivity index (χ3n) is 5.11. The maximum atomic E-state index is 13.0. The van der Waals surface area contributed by atoms with Crippen molar-refractivity contribution in [1.29, 1.82) is 0 Å². The second-order valence-corrected chi connectivity index (χ2v) is 7.56. The van der Waals surface area contributed by atoms with Crippen molar-refractivity contribution in [3.63, 3.8) is 0 Å². The number of methoxy groups -OCH3 is 2. The number of rotatable bonds is 9. The van der Waals surface area contributed by atoms with Gasteiger partial charge in [0.2, 0.25) is 11.7 Å². The van der Waals surface area contributed by atoms with Crippen molar-refractivity contribution in [1.82, 2.24) is 15.0 Å². The van der Waals surface area contributed by atoms with Crippen molar-refractivity contribution < 1.29 is 23.5 Å². The summed E-state index contributed by atoms with van der Waals surface area (Å²) in [6.07, 6.45) is -0.0697. The van der Waals surface area contributed by atoms with Gasteiger partial charge < -0.3 is 23.6 Å². The zero-order valence-corrected chi connectivity index (χ0v) is 19.3. The molecule has 1 unspecified atom stereocenters. The molecule has 0 saturated heterocycles. The fourth-order valence-electron chi connectivity index (χ4n) is 3.33. The lowest BCUT2D eigenvalue weighted by Crippen LogP contribution is -2.39. The van der Waals surface area contributed by atoms with Gasteiger partial charge in [0.05, 0.1) is 26.3 Å². The summed E-state index contributed by atoms with van der Waals surface area (Å²) in [5.41, 5.74) is 2.81. The van der Waals surface area contributed by atoms with E-state index in [9.17, 15) is 4.79 Å². The summed E-state index contributed by atoms with van der Waals surface area (Å²) in [6, 6.07) is 11.2. The van der Waals surface area contributed by atoms with E-state index in [0.29, 0.717) is 40.9 Å². The molecule has 0 fully saturated rings. The Balaban J connectivity index is 1.71. The molecule has 1 aromatic heterocycles. The molecule has 1 heterocycles. The highest BCUT2D eigenvalue weighted by Crippen LogP contribution is 2.31. The van der Waals surface area contributed by atoms with Gasteiger partial charge in [-0.25, -0.2) is 0 Å². The maximum absolute atomic E-state index is 13.0. The van der Waals surface area contributed by atoms with Crippen LogP contribution in [-0.4, -0.2) is 48.3 Å². The molecule has 1 atom stereocenters. The first kappa shape index (κ1) is 23.1. The van der Waals surface area contributed by atoms with E-state index in [1.54, 1.807) is 39.5 Å². The van der Waals surface area contributed by atoms with Crippen molar-refractivity contribution in [3.8, 4) is 28.6 Å². The molecule has 0 aliphatic rings. The summed E-state index contributed by atoms with van der Waals surface area (Å²) >= 11 is 0. The molecule has 0 saturated carbocycles. The molecule has 3 rings (SSSR count). The Morgan fingerprint density at radius 2 is 1.88 bits per heavy atom. The number of ether oxygens (including phenoxy) is 3. The topological polar surface area (TPSA) is 86.9 Å². The van der Waals surface area contributed by atoms with Crippen LogP contribution in [0.3, 0.4) is 0 Å². The lowest BCUT2D eigenvalue weighted by atomic mass is 10.1. The first-order valence-corrected chi connectivity index (χ1v) is 10.4. The molecule has 1 amide bonds. The van der Waals surface area contributed by atoms with Gasteiger partial charge in [0.15, 0.2) is 6.10 Å². The van der Waals surface area contributed by atoms with E-state index in [-0.39, 0.29) is 12.5 Å². The van der Waals surface area contributed by atoms with Gasteiger partial charge in [-0.15, -0.1) is 0 Å². The van der Waals surface area contributed by atoms with Crippen molar-refractivity contribution in [3.05, 3.63) is 53.4 Å². The van der Waals surface area contributed by atoms with Crippen LogP contribution in [0.4, 0.5) is 0 Å². The monoisotopic (exact) mass is 439 g/mol. The molecule has 8 nitrogen and oxygen atoms in total. The average Bonchev–Trinajstić information content (AvgIpc) is 3.25. The van der Waals surface area contributed by atoms with Gasteiger partial charge in [-0.2, -0.15) is 4.98 Å². The summed E-state index contributed by atoms with van der Waals surface area (Å²) in [4.78, 5) is 18.9. The van der Waals surface area contributed by atoms with Crippen LogP contribution in [0, 0.1) is 13.8 Å². The van der Waals surface area contributed by atoms with Gasteiger partial charge in [0.1, 0.15) is 17.2 Å². The second kappa shape index (κ2) is 10.2. The third kappa shape index (κ3) is 5.19. The molecule has 0 aliphatic heterocycles. The zero-order chi connectivity index (χ0) is 23.3. The Labute approximate surface area is 188 Å². The largest absolute Gasteiger partial charge is 0.497 e. The number of carbonyl (C=O) groups is 1. The van der Waals surface area contributed by atoms with E-state index in [2.05, 4.69) is 10.1 Å². The van der Waals surface area contributed by atoms with Crippen LogP contribution < -0.4 is 14.2 Å². The highest BCUT2D eigenvalue weighted by Gasteiger charge is 2.25. The summed E-state index contributed by atoms with van der Waals surface area (Å²) in [5, 5.41) is 4.04. The van der Waals surface area contributed by atoms with Gasteiger partial charge in [0.25, 0.3) is 5.91 Å². The zero-order valence-electron chi connectivity index (χ0n) is 19.3. The highest BCUT2D eigenvalue weighted by atomic mass is 16.5. The number of likely N-dealkylation sites (N-methyl/N-ethyl adjacent to an activating group) is 1. The molecule has 8 heteroatoms. The van der Waals surface area contributed by atoms with E-state index in [1.165, 1.54) is 4.90 Å². The lowest BCUT2D eigenvalue weighted by molar-refractivity contribution is -0.138. The van der Waals surface area contributed by atoms with Crippen molar-refractivity contribution in [2.45, 2.75) is 39.8 Å². The van der Waals surface area contributed by atoms with Crippen molar-refractivity contribution in [2.75, 3.05) is 21.3 Å². The first-order valence-electron chi connectivity index (χ1n) is 10.4. The molecule has 0 aliphatic carbocycles. The Kier molecular flexibility index (Phi) is 7.35. The fraction of sp³-hybridized carbons (Fsp3) is 0.375. The van der Waals surface area contributed by atoms with Crippen LogP contribution in [0.15, 0.2) is 40.9 Å². The van der Waals surface area contributed by atoms with E-state index >= 15 is 0 Å². The van der Waals surface area contributed by atoms with E-state index in [0.717, 1.165) is 11.1 Å². The Morgan fingerprint density at radius 1 is 1.09 bits per heavy atom. The van der Waals surface area contributed by atoms with Crippen LogP contribution in [-0.2, 0) is 11.3 Å². The van der Waals surface area contributed by atoms with Crippen LogP contribution in [0.5, 0.6) is 17.2 Å². The lowest BCUT2D eigenvalue weighted by Gasteiger charge is -2.23. The molecule has 2 aromatic carbocycles. The summed E-state index contributed by atoms with van der Waals surface area (Å²) in [5.74, 6) is 2.46. The Bertz CT molecular complexity index is 1080. The predicted octanol–water partition coefficient (Wildman–Crippen LogP) is 4.19. The first-order chi connectivity index (χ1) is 15.4. The highest BCUT2D eigenvalue weighted by molar-refractivity contribution is 5.81. The predicted molar refractivity (Wildman–Crippen MR) is 120 cm³/mol. The number of hydrogen-bond donors (Lipinski definition) is 0. The van der Waals surface area contributed by atoms with E-state index < -0.39 is 6.10 Å². The smallest absolute Gasteiger partial charge is 0.263 e. The van der Waals surface area contributed by atoms with Crippen LogP contribution >= 0.6 is 0 Å². The number of hydrogen-bond acceptors (Lipinski definition) is 7. The average molecular weight is 440 g/mol. The van der Waals surface area contributed by atoms with Gasteiger partial charge >= 0.3 is 0 Å². The standard InChI is InChI=1S/C24H29N3O5/c1-7-19(31-20-11-8-15(2)12-16(20)3)24(28)27(4)14-22-25-23(26-32-22)18-10-9-17(29-5)13-21(18)30-6/h8-13,19H,7,14H2,1-6H3. The van der Waals surface area contributed by atoms with Gasteiger partial charge in [0, 0.05) is 13.1 Å². The number of aromatic nitrogens is 2. The van der Waals surface area contributed by atoms with Gasteiger partial charge in [-0.1, -0.05) is 29.8 Å². The molecule has 0 N–H and O–H groups in total. The molecule has 0 bridgehead atoms. The summed E-state index contributed by atoms with van der Waals surface area (Å²) < 4.78 is 22.0. The molecule has 170 valence electrons. The normalized spacial score (nSPS) is 11.7. The summed E-state index contributed by atoms with van der Waals surface area (Å²) in [6.45, 7) is 6.07. The quantitative estimate of drug-likeness (QED) is 0.494. The number of benzene rings is 2. The molecular weight excluding hydrogens is 410 g/mol. The summed E-state index contributed by atoms with van der Waals surface area (Å²) in [7, 11) is 4.84. The maximum Gasteiger partial charge on any atom is 0.263 e. The molecule has 0 radical (unpaired) electrons. The van der Waals surface area contributed by atoms with Crippen LogP contribution in [0.25, 0.3) is 11.4 Å². The number of nitrogens with zero attached hydrogens (tertiary/aromatic N) is 3. The molecular formula is C24H29N3O5. The Morgan fingerprint density at radius 3 is 2.53 bits per heavy atom. The fourth-order valence-corrected chi connectivity index (χ4v) is 3.33. The SMILES string of the molecule is CCC(Oc1ccc(C)cc1C)C(=O)N(C)Cc1nc(-c2ccc(OC)cc2OC)no1. The minimum absolute atomic E-state index is 0.158. The minimum atomic E-state index is -0.606. The third-order valence-corrected chi connectivity index (χ3v) is 5.11. The van der Waals surface area contributed by atoms with Crippen molar-refractivity contribution >= 4 is 5.91 Å².